The smallest absolute Gasteiger partial charge is 0.306 e. The Morgan fingerprint density at radius 3 is 2.52 bits per heavy atom. The molecule has 1 saturated carbocycles. The maximum Gasteiger partial charge on any atom is 0.306 e. The van der Waals surface area contributed by atoms with E-state index in [4.69, 9.17) is 23.7 Å². The topological polar surface area (TPSA) is 63.2 Å². The summed E-state index contributed by atoms with van der Waals surface area (Å²) >= 11 is 0. The van der Waals surface area contributed by atoms with Crippen molar-refractivity contribution in [2.24, 2.45) is 17.3 Å². The van der Waals surface area contributed by atoms with E-state index in [1.54, 1.807) is 0 Å². The molecule has 0 N–H and O–H groups in total. The van der Waals surface area contributed by atoms with E-state index >= 15 is 0 Å². The zero-order valence-electron chi connectivity index (χ0n) is 20.4. The zero-order chi connectivity index (χ0) is 23.3. The molecule has 2 unspecified atom stereocenters. The number of fused-ring (bicyclic) bond motifs is 1. The molecule has 0 amide bonds. The Hall–Kier alpha value is -1.39. The molecule has 1 aliphatic carbocycles. The first-order valence-electron chi connectivity index (χ1n) is 12.8. The standard InChI is InChI=1S/C27H40O6/c1-4-5-14-27(2,3)23(33-26-11-7-9-16-30-26)13-12-19-20-17-24(28)31-22(20)18-21(19)32-25-10-6-8-15-29-25/h12-13,19-23,25-26H,6-11,14-18H2,1-3H3/b13-12+/t19-,20-,21-,22+,23-,25?,26?/m1/s1. The summed E-state index contributed by atoms with van der Waals surface area (Å²) in [4.78, 5) is 12.0. The molecule has 0 radical (unpaired) electrons. The Morgan fingerprint density at radius 1 is 1.12 bits per heavy atom. The molecule has 33 heavy (non-hydrogen) atoms. The summed E-state index contributed by atoms with van der Waals surface area (Å²) in [6, 6.07) is 0. The van der Waals surface area contributed by atoms with Crippen molar-refractivity contribution < 1.29 is 28.5 Å². The van der Waals surface area contributed by atoms with Gasteiger partial charge in [0.2, 0.25) is 0 Å². The fourth-order valence-corrected chi connectivity index (χ4v) is 5.44. The molecule has 184 valence electrons. The van der Waals surface area contributed by atoms with E-state index in [0.29, 0.717) is 6.42 Å². The zero-order valence-corrected chi connectivity index (χ0v) is 20.4. The van der Waals surface area contributed by atoms with E-state index in [1.807, 2.05) is 6.92 Å². The van der Waals surface area contributed by atoms with Crippen LogP contribution in [0.4, 0.5) is 0 Å². The van der Waals surface area contributed by atoms with Crippen LogP contribution in [0, 0.1) is 29.1 Å². The first-order valence-corrected chi connectivity index (χ1v) is 12.8. The highest BCUT2D eigenvalue weighted by Gasteiger charge is 2.50. The molecule has 0 aromatic heterocycles. The van der Waals surface area contributed by atoms with Crippen molar-refractivity contribution >= 4 is 5.97 Å². The van der Waals surface area contributed by atoms with Gasteiger partial charge in [-0.15, -0.1) is 11.8 Å². The van der Waals surface area contributed by atoms with Crippen LogP contribution in [0.5, 0.6) is 0 Å². The van der Waals surface area contributed by atoms with Gasteiger partial charge in [0, 0.05) is 43.3 Å². The average Bonchev–Trinajstić information content (AvgIpc) is 3.32. The third kappa shape index (κ3) is 6.39. The van der Waals surface area contributed by atoms with Gasteiger partial charge in [-0.1, -0.05) is 26.0 Å². The monoisotopic (exact) mass is 460 g/mol. The second kappa shape index (κ2) is 11.4. The maximum absolute atomic E-state index is 12.0. The van der Waals surface area contributed by atoms with Crippen LogP contribution in [0.3, 0.4) is 0 Å². The summed E-state index contributed by atoms with van der Waals surface area (Å²) in [5, 5.41) is 0. The van der Waals surface area contributed by atoms with Crippen molar-refractivity contribution in [2.75, 3.05) is 13.2 Å². The number of ether oxygens (including phenoxy) is 5. The van der Waals surface area contributed by atoms with Crippen LogP contribution in [-0.2, 0) is 28.5 Å². The van der Waals surface area contributed by atoms with Gasteiger partial charge in [0.1, 0.15) is 6.10 Å². The van der Waals surface area contributed by atoms with E-state index in [2.05, 4.69) is 37.8 Å². The molecule has 3 saturated heterocycles. The third-order valence-corrected chi connectivity index (χ3v) is 7.45. The lowest BCUT2D eigenvalue weighted by Crippen LogP contribution is -2.36. The molecular formula is C27H40O6. The van der Waals surface area contributed by atoms with Gasteiger partial charge in [0.25, 0.3) is 0 Å². The molecule has 3 aliphatic heterocycles. The van der Waals surface area contributed by atoms with Gasteiger partial charge < -0.3 is 23.7 Å². The molecule has 3 heterocycles. The SMILES string of the molecule is CC#CCC(C)(C)[C@@H](/C=C/[C@@H]1[C@H]2CC(=O)O[C@H]2C[C@H]1OC1CCCCO1)OC1CCCCO1. The van der Waals surface area contributed by atoms with Crippen LogP contribution in [0.2, 0.25) is 0 Å². The molecule has 4 fully saturated rings. The Labute approximate surface area is 198 Å². The average molecular weight is 461 g/mol. The molecular weight excluding hydrogens is 420 g/mol. The highest BCUT2D eigenvalue weighted by atomic mass is 16.7. The highest BCUT2D eigenvalue weighted by molar-refractivity contribution is 5.72. The van der Waals surface area contributed by atoms with Crippen molar-refractivity contribution in [3.05, 3.63) is 12.2 Å². The van der Waals surface area contributed by atoms with Gasteiger partial charge in [-0.2, -0.15) is 0 Å². The van der Waals surface area contributed by atoms with Gasteiger partial charge in [-0.05, 0) is 45.4 Å². The number of carbonyl (C=O) groups excluding carboxylic acids is 1. The van der Waals surface area contributed by atoms with Crippen LogP contribution in [0.1, 0.15) is 78.6 Å². The van der Waals surface area contributed by atoms with E-state index in [0.717, 1.165) is 64.6 Å². The number of carbonyl (C=O) groups is 1. The minimum Gasteiger partial charge on any atom is -0.462 e. The second-order valence-electron chi connectivity index (χ2n) is 10.5. The third-order valence-electron chi connectivity index (χ3n) is 7.45. The number of rotatable bonds is 8. The van der Waals surface area contributed by atoms with Gasteiger partial charge in [-0.25, -0.2) is 0 Å². The number of hydrogen-bond donors (Lipinski definition) is 0. The lowest BCUT2D eigenvalue weighted by Gasteiger charge is -2.35. The summed E-state index contributed by atoms with van der Waals surface area (Å²) in [5.41, 5.74) is -0.177. The summed E-state index contributed by atoms with van der Waals surface area (Å²) in [6.45, 7) is 7.76. The van der Waals surface area contributed by atoms with Crippen molar-refractivity contribution in [2.45, 2.75) is 109 Å². The van der Waals surface area contributed by atoms with Crippen LogP contribution >= 0.6 is 0 Å². The van der Waals surface area contributed by atoms with E-state index in [9.17, 15) is 4.79 Å². The minimum atomic E-state index is -0.183. The summed E-state index contributed by atoms with van der Waals surface area (Å²) < 4.78 is 30.3. The minimum absolute atomic E-state index is 0.0161. The Kier molecular flexibility index (Phi) is 8.51. The molecule has 0 spiro atoms. The second-order valence-corrected chi connectivity index (χ2v) is 10.5. The van der Waals surface area contributed by atoms with Crippen molar-refractivity contribution in [3.8, 4) is 11.8 Å². The predicted molar refractivity (Wildman–Crippen MR) is 124 cm³/mol. The van der Waals surface area contributed by atoms with Crippen molar-refractivity contribution in [1.29, 1.82) is 0 Å². The highest BCUT2D eigenvalue weighted by Crippen LogP contribution is 2.45. The molecule has 0 aromatic rings. The van der Waals surface area contributed by atoms with E-state index in [1.165, 1.54) is 0 Å². The van der Waals surface area contributed by atoms with Crippen LogP contribution in [0.15, 0.2) is 12.2 Å². The molecule has 6 heteroatoms. The van der Waals surface area contributed by atoms with Crippen LogP contribution < -0.4 is 0 Å². The van der Waals surface area contributed by atoms with E-state index in [-0.39, 0.29) is 54.1 Å². The Bertz CT molecular complexity index is 737. The van der Waals surface area contributed by atoms with E-state index < -0.39 is 0 Å². The van der Waals surface area contributed by atoms with Gasteiger partial charge in [-0.3, -0.25) is 4.79 Å². The van der Waals surface area contributed by atoms with Crippen molar-refractivity contribution in [3.63, 3.8) is 0 Å². The summed E-state index contributed by atoms with van der Waals surface area (Å²) in [7, 11) is 0. The maximum atomic E-state index is 12.0. The van der Waals surface area contributed by atoms with Gasteiger partial charge >= 0.3 is 5.97 Å². The number of esters is 1. The molecule has 7 atom stereocenters. The Balaban J connectivity index is 1.51. The predicted octanol–water partition coefficient (Wildman–Crippen LogP) is 4.76. The Morgan fingerprint density at radius 2 is 1.85 bits per heavy atom. The molecule has 4 aliphatic rings. The molecule has 0 aromatic carbocycles. The van der Waals surface area contributed by atoms with Crippen molar-refractivity contribution in [1.82, 2.24) is 0 Å². The fraction of sp³-hybridized carbons (Fsp3) is 0.815. The lowest BCUT2D eigenvalue weighted by atomic mass is 9.81. The molecule has 4 rings (SSSR count). The summed E-state index contributed by atoms with van der Waals surface area (Å²) in [5.74, 6) is 6.39. The van der Waals surface area contributed by atoms with Gasteiger partial charge in [0.05, 0.1) is 18.6 Å². The molecule has 6 nitrogen and oxygen atoms in total. The quantitative estimate of drug-likeness (QED) is 0.296. The normalized spacial score (nSPS) is 35.7. The fourth-order valence-electron chi connectivity index (χ4n) is 5.44. The lowest BCUT2D eigenvalue weighted by molar-refractivity contribution is -0.197. The van der Waals surface area contributed by atoms with Crippen LogP contribution in [0.25, 0.3) is 0 Å². The van der Waals surface area contributed by atoms with Gasteiger partial charge in [0.15, 0.2) is 12.6 Å². The molecule has 0 bridgehead atoms. The summed E-state index contributed by atoms with van der Waals surface area (Å²) in [6.07, 6.45) is 12.0. The largest absolute Gasteiger partial charge is 0.462 e. The number of hydrogen-bond acceptors (Lipinski definition) is 6. The first kappa shape index (κ1) is 24.7. The van der Waals surface area contributed by atoms with Crippen LogP contribution in [-0.4, -0.2) is 50.1 Å². The first-order chi connectivity index (χ1) is 16.0.